The molecular weight excluding hydrogens is 356 g/mol. The maximum absolute atomic E-state index is 12.4. The monoisotopic (exact) mass is 374 g/mol. The van der Waals surface area contributed by atoms with Crippen LogP contribution in [-0.2, 0) is 11.4 Å². The number of ketones is 2. The minimum absolute atomic E-state index is 0.0730. The molecule has 2 aromatic rings. The molecule has 3 nitrogen and oxygen atoms in total. The summed E-state index contributed by atoms with van der Waals surface area (Å²) in [5.74, 6) is 0.572. The number of carbonyl (C=O) groups is 2. The molecule has 0 saturated heterocycles. The zero-order valence-electron chi connectivity index (χ0n) is 13.0. The number of halogens is 1. The van der Waals surface area contributed by atoms with Crippen LogP contribution in [0.25, 0.3) is 0 Å². The average molecular weight is 375 g/mol. The van der Waals surface area contributed by atoms with Gasteiger partial charge in [-0.2, -0.15) is 0 Å². The van der Waals surface area contributed by atoms with Crippen LogP contribution in [0.1, 0.15) is 42.1 Å². The summed E-state index contributed by atoms with van der Waals surface area (Å²) in [7, 11) is 0. The summed E-state index contributed by atoms with van der Waals surface area (Å²) in [6, 6.07) is 15.2. The highest BCUT2D eigenvalue weighted by Gasteiger charge is 2.14. The Labute approximate surface area is 144 Å². The Bertz CT molecular complexity index is 680. The van der Waals surface area contributed by atoms with E-state index in [2.05, 4.69) is 15.9 Å². The van der Waals surface area contributed by atoms with Gasteiger partial charge in [0.2, 0.25) is 0 Å². The SMILES string of the molecule is CCC(=O)CCC(=O)c1cc(Br)ccc1OCc1ccccc1. The number of Topliss-reactive ketones (excluding diaryl/α,β-unsaturated/α-hetero) is 2. The minimum Gasteiger partial charge on any atom is -0.488 e. The first-order valence-corrected chi connectivity index (χ1v) is 8.40. The number of hydrogen-bond donors (Lipinski definition) is 0. The third-order valence-electron chi connectivity index (χ3n) is 3.50. The van der Waals surface area contributed by atoms with Crippen LogP contribution < -0.4 is 4.74 Å². The molecule has 2 aromatic carbocycles. The summed E-state index contributed by atoms with van der Waals surface area (Å²) in [6.07, 6.45) is 0.952. The maximum Gasteiger partial charge on any atom is 0.167 e. The predicted octanol–water partition coefficient (Wildman–Crippen LogP) is 4.97. The lowest BCUT2D eigenvalue weighted by Crippen LogP contribution is -2.07. The lowest BCUT2D eigenvalue weighted by molar-refractivity contribution is -0.118. The van der Waals surface area contributed by atoms with Crippen molar-refractivity contribution in [3.05, 3.63) is 64.1 Å². The number of hydrogen-bond acceptors (Lipinski definition) is 3. The van der Waals surface area contributed by atoms with Crippen molar-refractivity contribution in [2.75, 3.05) is 0 Å². The van der Waals surface area contributed by atoms with Gasteiger partial charge in [0.05, 0.1) is 5.56 Å². The van der Waals surface area contributed by atoms with Crippen molar-refractivity contribution < 1.29 is 14.3 Å². The van der Waals surface area contributed by atoms with E-state index in [4.69, 9.17) is 4.74 Å². The fourth-order valence-corrected chi connectivity index (χ4v) is 2.51. The number of ether oxygens (including phenoxy) is 1. The summed E-state index contributed by atoms with van der Waals surface area (Å²) in [5, 5.41) is 0. The first kappa shape index (κ1) is 17.4. The van der Waals surface area contributed by atoms with E-state index in [1.807, 2.05) is 36.4 Å². The van der Waals surface area contributed by atoms with Gasteiger partial charge in [0, 0.05) is 23.7 Å². The molecule has 0 fully saturated rings. The van der Waals surface area contributed by atoms with Gasteiger partial charge in [-0.1, -0.05) is 53.2 Å². The second kappa shape index (κ2) is 8.63. The summed E-state index contributed by atoms with van der Waals surface area (Å²) < 4.78 is 6.62. The van der Waals surface area contributed by atoms with Crippen LogP contribution in [-0.4, -0.2) is 11.6 Å². The standard InChI is InChI=1S/C19H19BrO3/c1-2-16(21)9-10-18(22)17-12-15(20)8-11-19(17)23-13-14-6-4-3-5-7-14/h3-8,11-12H,2,9-10,13H2,1H3. The molecule has 0 spiro atoms. The lowest BCUT2D eigenvalue weighted by atomic mass is 10.0. The van der Waals surface area contributed by atoms with Crippen LogP contribution in [0.4, 0.5) is 0 Å². The number of carbonyl (C=O) groups excluding carboxylic acids is 2. The van der Waals surface area contributed by atoms with Gasteiger partial charge in [-0.05, 0) is 23.8 Å². The molecule has 0 aromatic heterocycles. The molecule has 0 unspecified atom stereocenters. The Hall–Kier alpha value is -1.94. The molecule has 23 heavy (non-hydrogen) atoms. The Morgan fingerprint density at radius 1 is 1.04 bits per heavy atom. The topological polar surface area (TPSA) is 43.4 Å². The van der Waals surface area contributed by atoms with Gasteiger partial charge in [0.25, 0.3) is 0 Å². The molecule has 0 heterocycles. The first-order chi connectivity index (χ1) is 11.1. The van der Waals surface area contributed by atoms with Gasteiger partial charge in [0.1, 0.15) is 18.1 Å². The zero-order chi connectivity index (χ0) is 16.7. The molecule has 0 saturated carbocycles. The maximum atomic E-state index is 12.4. The van der Waals surface area contributed by atoms with Gasteiger partial charge in [-0.15, -0.1) is 0 Å². The van der Waals surface area contributed by atoms with Gasteiger partial charge in [0.15, 0.2) is 5.78 Å². The first-order valence-electron chi connectivity index (χ1n) is 7.61. The van der Waals surface area contributed by atoms with E-state index in [0.717, 1.165) is 10.0 Å². The van der Waals surface area contributed by atoms with Crippen molar-refractivity contribution >= 4 is 27.5 Å². The second-order valence-corrected chi connectivity index (χ2v) is 6.15. The Kier molecular flexibility index (Phi) is 6.53. The Balaban J connectivity index is 2.10. The molecule has 0 aliphatic carbocycles. The average Bonchev–Trinajstić information content (AvgIpc) is 2.59. The fourth-order valence-electron chi connectivity index (χ4n) is 2.15. The van der Waals surface area contributed by atoms with Gasteiger partial charge in [-0.25, -0.2) is 0 Å². The smallest absolute Gasteiger partial charge is 0.167 e. The molecule has 0 bridgehead atoms. The fraction of sp³-hybridized carbons (Fsp3) is 0.263. The van der Waals surface area contributed by atoms with E-state index >= 15 is 0 Å². The van der Waals surface area contributed by atoms with Crippen molar-refractivity contribution in [3.8, 4) is 5.75 Å². The highest BCUT2D eigenvalue weighted by atomic mass is 79.9. The van der Waals surface area contributed by atoms with Gasteiger partial charge < -0.3 is 4.74 Å². The molecule has 0 aliphatic rings. The van der Waals surface area contributed by atoms with Gasteiger partial charge in [-0.3, -0.25) is 9.59 Å². The van der Waals surface area contributed by atoms with Crippen LogP contribution in [0.15, 0.2) is 53.0 Å². The van der Waals surface area contributed by atoms with Crippen LogP contribution in [0.2, 0.25) is 0 Å². The van der Waals surface area contributed by atoms with Crippen LogP contribution in [0.3, 0.4) is 0 Å². The summed E-state index contributed by atoms with van der Waals surface area (Å²) in [5.41, 5.74) is 1.55. The third-order valence-corrected chi connectivity index (χ3v) is 4.00. The lowest BCUT2D eigenvalue weighted by Gasteiger charge is -2.11. The molecule has 2 rings (SSSR count). The van der Waals surface area contributed by atoms with Crippen LogP contribution >= 0.6 is 15.9 Å². The van der Waals surface area contributed by atoms with Gasteiger partial charge >= 0.3 is 0 Å². The summed E-state index contributed by atoms with van der Waals surface area (Å²) in [4.78, 5) is 23.8. The second-order valence-electron chi connectivity index (χ2n) is 5.23. The highest BCUT2D eigenvalue weighted by Crippen LogP contribution is 2.26. The van der Waals surface area contributed by atoms with Crippen molar-refractivity contribution in [2.45, 2.75) is 32.8 Å². The largest absolute Gasteiger partial charge is 0.488 e. The number of rotatable bonds is 8. The Morgan fingerprint density at radius 3 is 2.48 bits per heavy atom. The van der Waals surface area contributed by atoms with Crippen LogP contribution in [0.5, 0.6) is 5.75 Å². The minimum atomic E-state index is -0.0730. The molecular formula is C19H19BrO3. The van der Waals surface area contributed by atoms with E-state index in [0.29, 0.717) is 24.3 Å². The quantitative estimate of drug-likeness (QED) is 0.612. The van der Waals surface area contributed by atoms with Crippen molar-refractivity contribution in [1.29, 1.82) is 0 Å². The van der Waals surface area contributed by atoms with Crippen molar-refractivity contribution in [1.82, 2.24) is 0 Å². The molecule has 4 heteroatoms. The van der Waals surface area contributed by atoms with E-state index in [1.54, 1.807) is 19.1 Å². The molecule has 0 atom stereocenters. The predicted molar refractivity (Wildman–Crippen MR) is 93.8 cm³/mol. The van der Waals surface area contributed by atoms with Crippen molar-refractivity contribution in [2.24, 2.45) is 0 Å². The molecule has 120 valence electrons. The highest BCUT2D eigenvalue weighted by molar-refractivity contribution is 9.10. The summed E-state index contributed by atoms with van der Waals surface area (Å²) >= 11 is 3.38. The molecule has 0 radical (unpaired) electrons. The van der Waals surface area contributed by atoms with E-state index in [1.165, 1.54) is 0 Å². The molecule has 0 amide bonds. The van der Waals surface area contributed by atoms with E-state index < -0.39 is 0 Å². The van der Waals surface area contributed by atoms with E-state index in [9.17, 15) is 9.59 Å². The van der Waals surface area contributed by atoms with E-state index in [-0.39, 0.29) is 24.4 Å². The Morgan fingerprint density at radius 2 is 1.78 bits per heavy atom. The molecule has 0 aliphatic heterocycles. The zero-order valence-corrected chi connectivity index (χ0v) is 14.6. The number of benzene rings is 2. The normalized spacial score (nSPS) is 10.3. The molecule has 0 N–H and O–H groups in total. The summed E-state index contributed by atoms with van der Waals surface area (Å²) in [6.45, 7) is 2.21. The third kappa shape index (κ3) is 5.32. The van der Waals surface area contributed by atoms with Crippen LogP contribution in [0, 0.1) is 0 Å². The van der Waals surface area contributed by atoms with Crippen molar-refractivity contribution in [3.63, 3.8) is 0 Å².